The number of aliphatic hydroxyl groups is 1. The summed E-state index contributed by atoms with van der Waals surface area (Å²) in [5.74, 6) is 0. The number of nitrogens with zero attached hydrogens (tertiary/aromatic N) is 3. The van der Waals surface area contributed by atoms with E-state index in [0.717, 1.165) is 51.8 Å². The topological polar surface area (TPSA) is 78.4 Å². The number of rotatable bonds is 5. The van der Waals surface area contributed by atoms with E-state index in [0.29, 0.717) is 18.2 Å². The van der Waals surface area contributed by atoms with Crippen molar-refractivity contribution >= 4 is 22.7 Å². The Bertz CT molecular complexity index is 1320. The maximum absolute atomic E-state index is 11.2. The van der Waals surface area contributed by atoms with Crippen LogP contribution in [0.5, 0.6) is 0 Å². The van der Waals surface area contributed by atoms with Gasteiger partial charge in [-0.2, -0.15) is 5.10 Å². The van der Waals surface area contributed by atoms with E-state index in [1.165, 1.54) is 0 Å². The molecular weight excluding hydrogens is 424 g/mol. The highest BCUT2D eigenvalue weighted by atomic mass is 16.3. The SMILES string of the molecule is CC1CN(c2ccc(C=O)cc2)C(C)(c2nnc(-c3ccc(CO)cc3)c3ccccc23)CN1. The van der Waals surface area contributed by atoms with E-state index in [1.807, 2.05) is 60.7 Å². The summed E-state index contributed by atoms with van der Waals surface area (Å²) < 4.78 is 0. The summed E-state index contributed by atoms with van der Waals surface area (Å²) in [6.07, 6.45) is 0.869. The second-order valence-electron chi connectivity index (χ2n) is 9.17. The van der Waals surface area contributed by atoms with Crippen LogP contribution in [0.4, 0.5) is 5.69 Å². The van der Waals surface area contributed by atoms with Gasteiger partial charge in [-0.05, 0) is 43.7 Å². The largest absolute Gasteiger partial charge is 0.392 e. The summed E-state index contributed by atoms with van der Waals surface area (Å²) in [5, 5.41) is 24.7. The molecule has 6 heteroatoms. The van der Waals surface area contributed by atoms with E-state index in [4.69, 9.17) is 10.2 Å². The third-order valence-corrected chi connectivity index (χ3v) is 6.80. The average molecular weight is 453 g/mol. The fourth-order valence-corrected chi connectivity index (χ4v) is 4.83. The van der Waals surface area contributed by atoms with Crippen LogP contribution in [0.3, 0.4) is 0 Å². The first-order valence-electron chi connectivity index (χ1n) is 11.6. The Morgan fingerprint density at radius 3 is 2.41 bits per heavy atom. The van der Waals surface area contributed by atoms with Gasteiger partial charge in [0.25, 0.3) is 0 Å². The molecule has 0 bridgehead atoms. The van der Waals surface area contributed by atoms with Crippen LogP contribution < -0.4 is 10.2 Å². The Labute approximate surface area is 199 Å². The van der Waals surface area contributed by atoms with Gasteiger partial charge in [-0.1, -0.05) is 48.5 Å². The molecule has 0 amide bonds. The van der Waals surface area contributed by atoms with Crippen LogP contribution in [0.15, 0.2) is 72.8 Å². The van der Waals surface area contributed by atoms with Crippen molar-refractivity contribution in [2.75, 3.05) is 18.0 Å². The minimum Gasteiger partial charge on any atom is -0.392 e. The van der Waals surface area contributed by atoms with Crippen LogP contribution >= 0.6 is 0 Å². The molecule has 2 atom stereocenters. The Morgan fingerprint density at radius 2 is 1.74 bits per heavy atom. The molecule has 1 saturated heterocycles. The molecule has 0 spiro atoms. The van der Waals surface area contributed by atoms with Crippen molar-refractivity contribution in [3.05, 3.63) is 89.6 Å². The number of carbonyl (C=O) groups excluding carboxylic acids is 1. The Morgan fingerprint density at radius 1 is 1.03 bits per heavy atom. The Hall–Kier alpha value is -3.61. The quantitative estimate of drug-likeness (QED) is 0.439. The number of aliphatic hydroxyl groups excluding tert-OH is 1. The number of hydrogen-bond acceptors (Lipinski definition) is 6. The van der Waals surface area contributed by atoms with E-state index in [1.54, 1.807) is 0 Å². The number of aldehydes is 1. The normalized spacial score (nSPS) is 20.4. The minimum atomic E-state index is -0.443. The monoisotopic (exact) mass is 452 g/mol. The lowest BCUT2D eigenvalue weighted by molar-refractivity contribution is 0.112. The van der Waals surface area contributed by atoms with Crippen LogP contribution in [-0.2, 0) is 12.1 Å². The van der Waals surface area contributed by atoms with Gasteiger partial charge in [0.1, 0.15) is 12.0 Å². The molecule has 2 unspecified atom stereocenters. The van der Waals surface area contributed by atoms with Gasteiger partial charge in [0.15, 0.2) is 0 Å². The second kappa shape index (κ2) is 8.97. The molecule has 2 heterocycles. The van der Waals surface area contributed by atoms with Crippen LogP contribution in [0.25, 0.3) is 22.0 Å². The number of nitrogens with one attached hydrogen (secondary N) is 1. The van der Waals surface area contributed by atoms with Crippen LogP contribution in [0.2, 0.25) is 0 Å². The summed E-state index contributed by atoms with van der Waals surface area (Å²) in [5.41, 5.74) is 4.84. The molecule has 6 nitrogen and oxygen atoms in total. The first kappa shape index (κ1) is 22.2. The van der Waals surface area contributed by atoms with Gasteiger partial charge in [0, 0.05) is 46.7 Å². The summed E-state index contributed by atoms with van der Waals surface area (Å²) >= 11 is 0. The predicted octanol–water partition coefficient (Wildman–Crippen LogP) is 4.32. The van der Waals surface area contributed by atoms with E-state index in [9.17, 15) is 9.90 Å². The van der Waals surface area contributed by atoms with Gasteiger partial charge in [-0.15, -0.1) is 5.10 Å². The third kappa shape index (κ3) is 3.85. The van der Waals surface area contributed by atoms with Crippen LogP contribution in [-0.4, -0.2) is 40.7 Å². The van der Waals surface area contributed by atoms with Gasteiger partial charge < -0.3 is 15.3 Å². The first-order chi connectivity index (χ1) is 16.5. The van der Waals surface area contributed by atoms with Crippen molar-refractivity contribution in [3.63, 3.8) is 0 Å². The number of hydrogen-bond donors (Lipinski definition) is 2. The van der Waals surface area contributed by atoms with E-state index < -0.39 is 5.54 Å². The summed E-state index contributed by atoms with van der Waals surface area (Å²) in [6, 6.07) is 24.1. The van der Waals surface area contributed by atoms with Crippen LogP contribution in [0.1, 0.15) is 35.5 Å². The zero-order valence-corrected chi connectivity index (χ0v) is 19.4. The lowest BCUT2D eigenvalue weighted by atomic mass is 9.87. The van der Waals surface area contributed by atoms with Crippen molar-refractivity contribution in [3.8, 4) is 11.3 Å². The first-order valence-corrected chi connectivity index (χ1v) is 11.6. The fraction of sp³-hybridized carbons (Fsp3) is 0.250. The zero-order valence-electron chi connectivity index (χ0n) is 19.4. The van der Waals surface area contributed by atoms with Gasteiger partial charge in [-0.25, -0.2) is 0 Å². The van der Waals surface area contributed by atoms with E-state index in [-0.39, 0.29) is 6.61 Å². The molecule has 34 heavy (non-hydrogen) atoms. The molecule has 0 radical (unpaired) electrons. The van der Waals surface area contributed by atoms with Crippen molar-refractivity contribution in [2.45, 2.75) is 32.0 Å². The minimum absolute atomic E-state index is 0.0130. The average Bonchev–Trinajstić information content (AvgIpc) is 2.89. The number of aromatic nitrogens is 2. The molecule has 172 valence electrons. The van der Waals surface area contributed by atoms with Gasteiger partial charge in [0.2, 0.25) is 0 Å². The molecule has 0 saturated carbocycles. The highest BCUT2D eigenvalue weighted by Gasteiger charge is 2.41. The number of piperazine rings is 1. The lowest BCUT2D eigenvalue weighted by Crippen LogP contribution is -2.61. The molecule has 3 aromatic carbocycles. The predicted molar refractivity (Wildman–Crippen MR) is 135 cm³/mol. The maximum atomic E-state index is 11.2. The van der Waals surface area contributed by atoms with Crippen molar-refractivity contribution in [1.29, 1.82) is 0 Å². The lowest BCUT2D eigenvalue weighted by Gasteiger charge is -2.48. The molecule has 5 rings (SSSR count). The van der Waals surface area contributed by atoms with Crippen LogP contribution in [0, 0.1) is 0 Å². The van der Waals surface area contributed by atoms with Crippen molar-refractivity contribution in [1.82, 2.24) is 15.5 Å². The number of carbonyl (C=O) groups is 1. The molecule has 1 aliphatic heterocycles. The summed E-state index contributed by atoms with van der Waals surface area (Å²) in [7, 11) is 0. The second-order valence-corrected chi connectivity index (χ2v) is 9.17. The summed E-state index contributed by atoms with van der Waals surface area (Å²) in [6.45, 7) is 5.91. The molecule has 0 aliphatic carbocycles. The number of fused-ring (bicyclic) bond motifs is 1. The molecule has 1 aliphatic rings. The van der Waals surface area contributed by atoms with Crippen molar-refractivity contribution in [2.24, 2.45) is 0 Å². The third-order valence-electron chi connectivity index (χ3n) is 6.80. The Kier molecular flexibility index (Phi) is 5.86. The highest BCUT2D eigenvalue weighted by Crippen LogP contribution is 2.39. The number of benzene rings is 3. The summed E-state index contributed by atoms with van der Waals surface area (Å²) in [4.78, 5) is 13.5. The molecule has 4 aromatic rings. The Balaban J connectivity index is 1.65. The maximum Gasteiger partial charge on any atom is 0.150 e. The standard InChI is InChI=1S/C28H28N4O2/c1-19-15-32(23-13-9-21(17-34)10-14-23)28(2,18-29-19)27-25-6-4-3-5-24(25)26(30-31-27)22-11-7-20(16-33)8-12-22/h3-14,17,19,29,33H,15-16,18H2,1-2H3. The molecule has 2 N–H and O–H groups in total. The molecule has 1 fully saturated rings. The smallest absolute Gasteiger partial charge is 0.150 e. The zero-order chi connectivity index (χ0) is 23.7. The van der Waals surface area contributed by atoms with Gasteiger partial charge in [-0.3, -0.25) is 4.79 Å². The van der Waals surface area contributed by atoms with Crippen molar-refractivity contribution < 1.29 is 9.90 Å². The van der Waals surface area contributed by atoms with E-state index >= 15 is 0 Å². The molecule has 1 aromatic heterocycles. The van der Waals surface area contributed by atoms with E-state index in [2.05, 4.69) is 36.2 Å². The fourth-order valence-electron chi connectivity index (χ4n) is 4.83. The van der Waals surface area contributed by atoms with Gasteiger partial charge in [0.05, 0.1) is 17.8 Å². The highest BCUT2D eigenvalue weighted by molar-refractivity contribution is 5.96. The molecular formula is C28H28N4O2. The number of anilines is 1. The van der Waals surface area contributed by atoms with Gasteiger partial charge >= 0.3 is 0 Å².